The van der Waals surface area contributed by atoms with Crippen LogP contribution in [0, 0.1) is 11.7 Å². The number of nitrogens with two attached hydrogens (primary N) is 1. The monoisotopic (exact) mass is 434 g/mol. The third-order valence-electron chi connectivity index (χ3n) is 5.92. The van der Waals surface area contributed by atoms with E-state index in [2.05, 4.69) is 9.88 Å². The predicted molar refractivity (Wildman–Crippen MR) is 120 cm³/mol. The average molecular weight is 435 g/mol. The number of amides is 2. The molecule has 1 atom stereocenters. The molecule has 0 aliphatic carbocycles. The Morgan fingerprint density at radius 3 is 2.53 bits per heavy atom. The summed E-state index contributed by atoms with van der Waals surface area (Å²) >= 11 is 0. The lowest BCUT2D eigenvalue weighted by Gasteiger charge is -2.14. The van der Waals surface area contributed by atoms with Crippen molar-refractivity contribution in [2.24, 2.45) is 11.7 Å². The Labute approximate surface area is 186 Å². The quantitative estimate of drug-likeness (QED) is 0.596. The highest BCUT2D eigenvalue weighted by atomic mass is 19.1. The van der Waals surface area contributed by atoms with Crippen LogP contribution in [0.2, 0.25) is 0 Å². The van der Waals surface area contributed by atoms with Gasteiger partial charge in [-0.3, -0.25) is 9.59 Å². The van der Waals surface area contributed by atoms with Gasteiger partial charge in [-0.05, 0) is 43.4 Å². The number of hydrogen-bond acceptors (Lipinski definition) is 3. The minimum atomic E-state index is -0.598. The Hall–Kier alpha value is -3.48. The number of fused-ring (bicyclic) bond motifs is 1. The van der Waals surface area contributed by atoms with Crippen LogP contribution >= 0.6 is 0 Å². The number of carbonyl (C=O) groups is 2. The van der Waals surface area contributed by atoms with Crippen LogP contribution in [0.25, 0.3) is 11.4 Å². The van der Waals surface area contributed by atoms with Crippen molar-refractivity contribution in [1.29, 1.82) is 0 Å². The summed E-state index contributed by atoms with van der Waals surface area (Å²) in [7, 11) is 0. The molecular weight excluding hydrogens is 407 g/mol. The van der Waals surface area contributed by atoms with Crippen LogP contribution in [0.4, 0.5) is 4.39 Å². The summed E-state index contributed by atoms with van der Waals surface area (Å²) in [5.41, 5.74) is 8.67. The van der Waals surface area contributed by atoms with Gasteiger partial charge in [0.2, 0.25) is 5.91 Å². The Morgan fingerprint density at radius 1 is 1.06 bits per heavy atom. The molecule has 1 aromatic heterocycles. The second-order valence-corrected chi connectivity index (χ2v) is 8.20. The van der Waals surface area contributed by atoms with Gasteiger partial charge < -0.3 is 15.6 Å². The summed E-state index contributed by atoms with van der Waals surface area (Å²) in [4.78, 5) is 29.8. The van der Waals surface area contributed by atoms with Gasteiger partial charge in [-0.2, -0.15) is 0 Å². The zero-order chi connectivity index (χ0) is 22.5. The number of nitrogens with zero attached hydrogens (tertiary/aromatic N) is 2. The largest absolute Gasteiger partial charge is 0.369 e. The van der Waals surface area contributed by atoms with Crippen molar-refractivity contribution in [3.63, 3.8) is 0 Å². The highest BCUT2D eigenvalue weighted by molar-refractivity contribution is 5.94. The highest BCUT2D eigenvalue weighted by Gasteiger charge is 2.25. The lowest BCUT2D eigenvalue weighted by molar-refractivity contribution is -0.121. The zero-order valence-corrected chi connectivity index (χ0v) is 17.9. The first-order valence-corrected chi connectivity index (χ1v) is 11.0. The van der Waals surface area contributed by atoms with Gasteiger partial charge in [-0.25, -0.2) is 9.37 Å². The standard InChI is InChI=1S/C25H27FN4O2/c26-20-12-10-17(11-13-20)15-19(23(27)31)16-28-25(32)22-21-9-5-2-6-14-30(21)24(29-22)18-7-3-1-4-8-18/h1,3-4,7-8,10-13,19H,2,5-6,9,14-16H2,(H2,27,31)(H,28,32). The fourth-order valence-electron chi connectivity index (χ4n) is 4.19. The maximum Gasteiger partial charge on any atom is 0.271 e. The minimum Gasteiger partial charge on any atom is -0.369 e. The molecule has 2 amide bonds. The molecule has 32 heavy (non-hydrogen) atoms. The molecule has 2 heterocycles. The number of benzene rings is 2. The van der Waals surface area contributed by atoms with Gasteiger partial charge in [0.05, 0.1) is 11.6 Å². The molecule has 4 rings (SSSR count). The molecule has 1 unspecified atom stereocenters. The predicted octanol–water partition coefficient (Wildman–Crippen LogP) is 3.49. The normalized spacial score (nSPS) is 14.3. The van der Waals surface area contributed by atoms with E-state index in [-0.39, 0.29) is 18.3 Å². The second kappa shape index (κ2) is 9.77. The minimum absolute atomic E-state index is 0.0957. The molecule has 0 spiro atoms. The Bertz CT molecular complexity index is 1090. The number of halogens is 1. The fraction of sp³-hybridized carbons (Fsp3) is 0.320. The summed E-state index contributed by atoms with van der Waals surface area (Å²) in [5.74, 6) is -0.955. The first-order chi connectivity index (χ1) is 15.5. The first-order valence-electron chi connectivity index (χ1n) is 11.0. The second-order valence-electron chi connectivity index (χ2n) is 8.20. The van der Waals surface area contributed by atoms with Crippen molar-refractivity contribution in [1.82, 2.24) is 14.9 Å². The molecule has 1 aliphatic heterocycles. The lowest BCUT2D eigenvalue weighted by atomic mass is 9.98. The third-order valence-corrected chi connectivity index (χ3v) is 5.92. The Kier molecular flexibility index (Phi) is 6.63. The Morgan fingerprint density at radius 2 is 1.81 bits per heavy atom. The molecule has 1 aliphatic rings. The molecule has 6 nitrogen and oxygen atoms in total. The molecule has 0 bridgehead atoms. The smallest absolute Gasteiger partial charge is 0.271 e. The van der Waals surface area contributed by atoms with E-state index < -0.39 is 11.8 Å². The summed E-state index contributed by atoms with van der Waals surface area (Å²) < 4.78 is 15.3. The van der Waals surface area contributed by atoms with Crippen molar-refractivity contribution >= 4 is 11.8 Å². The first kappa shape index (κ1) is 21.7. The van der Waals surface area contributed by atoms with E-state index in [1.165, 1.54) is 12.1 Å². The van der Waals surface area contributed by atoms with Crippen LogP contribution < -0.4 is 11.1 Å². The van der Waals surface area contributed by atoms with Crippen LogP contribution in [-0.2, 0) is 24.2 Å². The van der Waals surface area contributed by atoms with E-state index in [1.54, 1.807) is 12.1 Å². The number of imidazole rings is 1. The average Bonchev–Trinajstić information content (AvgIpc) is 2.99. The van der Waals surface area contributed by atoms with Gasteiger partial charge >= 0.3 is 0 Å². The third kappa shape index (κ3) is 4.88. The van der Waals surface area contributed by atoms with Gasteiger partial charge in [-0.15, -0.1) is 0 Å². The summed E-state index contributed by atoms with van der Waals surface area (Å²) in [6.07, 6.45) is 4.28. The fourth-order valence-corrected chi connectivity index (χ4v) is 4.19. The van der Waals surface area contributed by atoms with E-state index in [4.69, 9.17) is 10.7 Å². The summed E-state index contributed by atoms with van der Waals surface area (Å²) in [5, 5.41) is 2.86. The van der Waals surface area contributed by atoms with E-state index in [0.717, 1.165) is 54.9 Å². The van der Waals surface area contributed by atoms with Crippen molar-refractivity contribution in [3.05, 3.63) is 77.4 Å². The van der Waals surface area contributed by atoms with Crippen LogP contribution in [0.1, 0.15) is 41.0 Å². The van der Waals surface area contributed by atoms with Crippen LogP contribution in [-0.4, -0.2) is 27.9 Å². The van der Waals surface area contributed by atoms with Gasteiger partial charge in [0, 0.05) is 18.7 Å². The van der Waals surface area contributed by atoms with Crippen molar-refractivity contribution in [3.8, 4) is 11.4 Å². The van der Waals surface area contributed by atoms with E-state index in [0.29, 0.717) is 12.1 Å². The Balaban J connectivity index is 1.54. The van der Waals surface area contributed by atoms with Gasteiger partial charge in [0.25, 0.3) is 5.91 Å². The van der Waals surface area contributed by atoms with Crippen molar-refractivity contribution in [2.45, 2.75) is 38.6 Å². The maximum absolute atomic E-state index is 13.2. The van der Waals surface area contributed by atoms with Crippen molar-refractivity contribution < 1.29 is 14.0 Å². The number of hydrogen-bond donors (Lipinski definition) is 2. The van der Waals surface area contributed by atoms with Gasteiger partial charge in [0.15, 0.2) is 0 Å². The number of rotatable bonds is 7. The van der Waals surface area contributed by atoms with Crippen LogP contribution in [0.5, 0.6) is 0 Å². The topological polar surface area (TPSA) is 90.0 Å². The summed E-state index contributed by atoms with van der Waals surface area (Å²) in [6.45, 7) is 0.923. The lowest BCUT2D eigenvalue weighted by Crippen LogP contribution is -2.37. The van der Waals surface area contributed by atoms with Crippen LogP contribution in [0.15, 0.2) is 54.6 Å². The molecule has 7 heteroatoms. The maximum atomic E-state index is 13.2. The molecule has 3 aromatic rings. The van der Waals surface area contributed by atoms with Gasteiger partial charge in [0.1, 0.15) is 17.3 Å². The van der Waals surface area contributed by atoms with E-state index in [1.807, 2.05) is 30.3 Å². The molecule has 166 valence electrons. The number of primary amides is 1. The molecule has 0 fully saturated rings. The highest BCUT2D eigenvalue weighted by Crippen LogP contribution is 2.27. The molecular formula is C25H27FN4O2. The number of aromatic nitrogens is 2. The zero-order valence-electron chi connectivity index (χ0n) is 17.9. The molecule has 2 aromatic carbocycles. The summed E-state index contributed by atoms with van der Waals surface area (Å²) in [6, 6.07) is 15.8. The molecule has 0 saturated carbocycles. The molecule has 0 saturated heterocycles. The van der Waals surface area contributed by atoms with Crippen LogP contribution in [0.3, 0.4) is 0 Å². The number of carbonyl (C=O) groups excluding carboxylic acids is 2. The number of nitrogens with one attached hydrogen (secondary N) is 1. The molecule has 0 radical (unpaired) electrons. The van der Waals surface area contributed by atoms with Gasteiger partial charge in [-0.1, -0.05) is 48.9 Å². The van der Waals surface area contributed by atoms with Crippen molar-refractivity contribution in [2.75, 3.05) is 6.54 Å². The molecule has 3 N–H and O–H groups in total. The van der Waals surface area contributed by atoms with E-state index in [9.17, 15) is 14.0 Å². The van der Waals surface area contributed by atoms with E-state index >= 15 is 0 Å². The SMILES string of the molecule is NC(=O)C(CNC(=O)c1nc(-c2ccccc2)n2c1CCCCC2)Cc1ccc(F)cc1.